The van der Waals surface area contributed by atoms with Gasteiger partial charge in [-0.05, 0) is 23.1 Å². The van der Waals surface area contributed by atoms with Gasteiger partial charge in [-0.3, -0.25) is 9.69 Å². The minimum Gasteiger partial charge on any atom is -0.481 e. The molecule has 1 aliphatic heterocycles. The van der Waals surface area contributed by atoms with Gasteiger partial charge < -0.3 is 5.11 Å². The Morgan fingerprint density at radius 3 is 1.59 bits per heavy atom. The number of hydrogen-bond acceptors (Lipinski definition) is 2. The average Bonchev–Trinajstić information content (AvgIpc) is 2.76. The fraction of sp³-hybridized carbons (Fsp3) is 0.240. The Kier molecular flexibility index (Phi) is 5.84. The molecule has 1 aliphatic rings. The molecule has 29 heavy (non-hydrogen) atoms. The van der Waals surface area contributed by atoms with E-state index in [1.807, 2.05) is 18.2 Å². The molecule has 4 rings (SSSR count). The number of nitrogens with zero attached hydrogens (tertiary/aromatic N) is 1. The van der Waals surface area contributed by atoms with E-state index in [9.17, 15) is 9.90 Å². The first-order valence-corrected chi connectivity index (χ1v) is 10.8. The third-order valence-corrected chi connectivity index (χ3v) is 6.84. The van der Waals surface area contributed by atoms with Crippen molar-refractivity contribution in [3.8, 4) is 0 Å². The van der Waals surface area contributed by atoms with Crippen LogP contribution in [0, 0.1) is 5.92 Å². The Balaban J connectivity index is 1.93. The number of halogens is 1. The molecule has 0 spiro atoms. The van der Waals surface area contributed by atoms with E-state index in [1.165, 1.54) is 16.7 Å². The Hall–Kier alpha value is -2.43. The van der Waals surface area contributed by atoms with Gasteiger partial charge in [0.15, 0.2) is 0 Å². The fourth-order valence-corrected chi connectivity index (χ4v) is 5.41. The maximum atomic E-state index is 11.7. The third-order valence-electron chi connectivity index (χ3n) is 5.91. The Bertz CT molecular complexity index is 850. The van der Waals surface area contributed by atoms with Crippen molar-refractivity contribution in [3.63, 3.8) is 0 Å². The highest BCUT2D eigenvalue weighted by Gasteiger charge is 2.46. The molecule has 0 amide bonds. The van der Waals surface area contributed by atoms with Gasteiger partial charge in [-0.15, -0.1) is 0 Å². The molecule has 1 saturated heterocycles. The molecule has 0 bridgehead atoms. The zero-order chi connectivity index (χ0) is 20.3. The molecule has 0 aromatic heterocycles. The first-order chi connectivity index (χ1) is 14.1. The summed E-state index contributed by atoms with van der Waals surface area (Å²) in [5.41, 5.74) is 3.07. The molecule has 4 heteroatoms. The quantitative estimate of drug-likeness (QED) is 0.432. The van der Waals surface area contributed by atoms with Crippen LogP contribution < -0.4 is 0 Å². The van der Waals surface area contributed by atoms with Gasteiger partial charge in [0.05, 0.1) is 11.5 Å². The van der Waals surface area contributed by atoms with E-state index < -0.39 is 11.5 Å². The van der Waals surface area contributed by atoms with Crippen LogP contribution in [0.15, 0.2) is 91.0 Å². The summed E-state index contributed by atoms with van der Waals surface area (Å²) in [6, 6.07) is 31.6. The Morgan fingerprint density at radius 2 is 1.24 bits per heavy atom. The summed E-state index contributed by atoms with van der Waals surface area (Å²) in [4.78, 5) is 14.0. The molecule has 1 N–H and O–H groups in total. The zero-order valence-corrected chi connectivity index (χ0v) is 17.7. The first-order valence-electron chi connectivity index (χ1n) is 9.92. The van der Waals surface area contributed by atoms with Crippen molar-refractivity contribution in [1.29, 1.82) is 0 Å². The van der Waals surface area contributed by atoms with Gasteiger partial charge in [0, 0.05) is 17.9 Å². The molecule has 1 fully saturated rings. The van der Waals surface area contributed by atoms with Crippen LogP contribution in [0.2, 0.25) is 0 Å². The molecule has 3 aromatic carbocycles. The van der Waals surface area contributed by atoms with Crippen molar-refractivity contribution in [1.82, 2.24) is 4.90 Å². The lowest BCUT2D eigenvalue weighted by molar-refractivity contribution is -0.143. The van der Waals surface area contributed by atoms with E-state index in [0.717, 1.165) is 0 Å². The number of carboxylic acids is 1. The largest absolute Gasteiger partial charge is 0.481 e. The SMILES string of the molecule is O=C(O)C1CCN(C(c2ccccc2)(c2ccccc2)c2ccccc2)CC1Br. The highest BCUT2D eigenvalue weighted by molar-refractivity contribution is 9.09. The molecule has 3 aromatic rings. The average molecular weight is 450 g/mol. The lowest BCUT2D eigenvalue weighted by atomic mass is 9.74. The smallest absolute Gasteiger partial charge is 0.307 e. The number of likely N-dealkylation sites (tertiary alicyclic amines) is 1. The maximum absolute atomic E-state index is 11.7. The lowest BCUT2D eigenvalue weighted by Crippen LogP contribution is -2.55. The van der Waals surface area contributed by atoms with Crippen LogP contribution in [-0.2, 0) is 10.3 Å². The van der Waals surface area contributed by atoms with Crippen molar-refractivity contribution in [2.45, 2.75) is 16.8 Å². The van der Waals surface area contributed by atoms with Crippen molar-refractivity contribution in [2.24, 2.45) is 5.92 Å². The van der Waals surface area contributed by atoms with Gasteiger partial charge in [-0.25, -0.2) is 0 Å². The topological polar surface area (TPSA) is 40.5 Å². The van der Waals surface area contributed by atoms with Crippen LogP contribution >= 0.6 is 15.9 Å². The number of alkyl halides is 1. The number of rotatable bonds is 5. The van der Waals surface area contributed by atoms with Crippen LogP contribution in [0.3, 0.4) is 0 Å². The van der Waals surface area contributed by atoms with E-state index in [0.29, 0.717) is 19.5 Å². The van der Waals surface area contributed by atoms with Gasteiger partial charge in [-0.1, -0.05) is 107 Å². The summed E-state index contributed by atoms with van der Waals surface area (Å²) >= 11 is 3.68. The lowest BCUT2D eigenvalue weighted by Gasteiger charge is -2.49. The van der Waals surface area contributed by atoms with E-state index in [1.54, 1.807) is 0 Å². The van der Waals surface area contributed by atoms with Crippen LogP contribution in [0.5, 0.6) is 0 Å². The summed E-state index contributed by atoms with van der Waals surface area (Å²) in [5.74, 6) is -1.09. The summed E-state index contributed by atoms with van der Waals surface area (Å²) < 4.78 is 0. The van der Waals surface area contributed by atoms with Crippen LogP contribution in [-0.4, -0.2) is 33.9 Å². The molecule has 0 radical (unpaired) electrons. The molecule has 2 unspecified atom stereocenters. The fourth-order valence-electron chi connectivity index (χ4n) is 4.57. The predicted octanol–water partition coefficient (Wildman–Crippen LogP) is 5.15. The molecule has 148 valence electrons. The standard InChI is InChI=1S/C25H24BrNO2/c26-23-18-27(17-16-22(23)24(28)29)25(19-10-4-1-5-11-19,20-12-6-2-7-13-20)21-14-8-3-9-15-21/h1-15,22-23H,16-18H2,(H,28,29). The van der Waals surface area contributed by atoms with Gasteiger partial charge in [0.1, 0.15) is 0 Å². The highest BCUT2D eigenvalue weighted by atomic mass is 79.9. The monoisotopic (exact) mass is 449 g/mol. The van der Waals surface area contributed by atoms with E-state index in [-0.39, 0.29) is 10.7 Å². The van der Waals surface area contributed by atoms with Gasteiger partial charge >= 0.3 is 5.97 Å². The summed E-state index contributed by atoms with van der Waals surface area (Å²) in [5, 5.41) is 9.60. The molecule has 3 nitrogen and oxygen atoms in total. The molecule has 0 saturated carbocycles. The molecular weight excluding hydrogens is 426 g/mol. The normalized spacial score (nSPS) is 20.3. The second kappa shape index (κ2) is 8.52. The van der Waals surface area contributed by atoms with Crippen molar-refractivity contribution >= 4 is 21.9 Å². The van der Waals surface area contributed by atoms with Gasteiger partial charge in [0.2, 0.25) is 0 Å². The van der Waals surface area contributed by atoms with Gasteiger partial charge in [-0.2, -0.15) is 0 Å². The number of carboxylic acid groups (broad SMARTS) is 1. The summed E-state index contributed by atoms with van der Waals surface area (Å²) in [7, 11) is 0. The van der Waals surface area contributed by atoms with Crippen LogP contribution in [0.1, 0.15) is 23.1 Å². The number of hydrogen-bond donors (Lipinski definition) is 1. The van der Waals surface area contributed by atoms with E-state index in [2.05, 4.69) is 93.6 Å². The first kappa shape index (κ1) is 19.9. The van der Waals surface area contributed by atoms with Gasteiger partial charge in [0.25, 0.3) is 0 Å². The minimum absolute atomic E-state index is 0.107. The van der Waals surface area contributed by atoms with Crippen molar-refractivity contribution in [2.75, 3.05) is 13.1 Å². The summed E-state index contributed by atoms with van der Waals surface area (Å²) in [6.45, 7) is 1.35. The van der Waals surface area contributed by atoms with Crippen molar-refractivity contribution in [3.05, 3.63) is 108 Å². The second-order valence-corrected chi connectivity index (χ2v) is 8.68. The van der Waals surface area contributed by atoms with Crippen LogP contribution in [0.4, 0.5) is 0 Å². The Labute approximate surface area is 180 Å². The second-order valence-electron chi connectivity index (χ2n) is 7.50. The highest BCUT2D eigenvalue weighted by Crippen LogP contribution is 2.44. The number of aliphatic carboxylic acids is 1. The van der Waals surface area contributed by atoms with E-state index in [4.69, 9.17) is 0 Å². The number of benzene rings is 3. The maximum Gasteiger partial charge on any atom is 0.307 e. The molecule has 1 heterocycles. The molecule has 2 atom stereocenters. The minimum atomic E-state index is -0.726. The zero-order valence-electron chi connectivity index (χ0n) is 16.1. The third kappa shape index (κ3) is 3.63. The van der Waals surface area contributed by atoms with Crippen molar-refractivity contribution < 1.29 is 9.90 Å². The molecule has 0 aliphatic carbocycles. The van der Waals surface area contributed by atoms with Crippen LogP contribution in [0.25, 0.3) is 0 Å². The number of piperidine rings is 1. The van der Waals surface area contributed by atoms with E-state index >= 15 is 0 Å². The molecular formula is C25H24BrNO2. The predicted molar refractivity (Wildman–Crippen MR) is 119 cm³/mol. The Morgan fingerprint density at radius 1 is 0.828 bits per heavy atom. The number of carbonyl (C=O) groups is 1. The summed E-state index contributed by atoms with van der Waals surface area (Å²) in [6.07, 6.45) is 0.611.